The van der Waals surface area contributed by atoms with E-state index < -0.39 is 0 Å². The maximum Gasteiger partial charge on any atom is 0.278 e. The van der Waals surface area contributed by atoms with Gasteiger partial charge in [0.2, 0.25) is 5.95 Å². The molecule has 0 saturated carbocycles. The van der Waals surface area contributed by atoms with Crippen LogP contribution in [0.1, 0.15) is 32.4 Å². The Kier molecular flexibility index (Phi) is 6.85. The Morgan fingerprint density at radius 1 is 1.24 bits per heavy atom. The lowest BCUT2D eigenvalue weighted by molar-refractivity contribution is 0.484. The number of anilines is 3. The summed E-state index contributed by atoms with van der Waals surface area (Å²) in [6, 6.07) is 9.54. The average molecular weight is 516 g/mol. The van der Waals surface area contributed by atoms with E-state index in [1.807, 2.05) is 19.9 Å². The van der Waals surface area contributed by atoms with E-state index in [1.54, 1.807) is 16.8 Å². The van der Waals surface area contributed by atoms with Gasteiger partial charge in [0.25, 0.3) is 11.1 Å². The van der Waals surface area contributed by atoms with E-state index in [0.717, 1.165) is 30.9 Å². The summed E-state index contributed by atoms with van der Waals surface area (Å²) in [5.41, 5.74) is 3.12. The van der Waals surface area contributed by atoms with Crippen LogP contribution in [0.15, 0.2) is 58.8 Å². The summed E-state index contributed by atoms with van der Waals surface area (Å²) in [6.45, 7) is 15.0. The molecular weight excluding hydrogens is 482 g/mol. The van der Waals surface area contributed by atoms with Gasteiger partial charge in [-0.1, -0.05) is 6.08 Å². The van der Waals surface area contributed by atoms with Crippen LogP contribution in [0.4, 0.5) is 17.3 Å². The number of benzene rings is 1. The summed E-state index contributed by atoms with van der Waals surface area (Å²) in [4.78, 5) is 37.0. The lowest BCUT2D eigenvalue weighted by atomic mass is 10.1. The Labute approximate surface area is 220 Å². The molecule has 1 saturated heterocycles. The zero-order valence-corrected chi connectivity index (χ0v) is 22.2. The number of piperazine rings is 1. The fourth-order valence-electron chi connectivity index (χ4n) is 4.87. The Morgan fingerprint density at radius 3 is 2.76 bits per heavy atom. The monoisotopic (exact) mass is 515 g/mol. The molecule has 4 aromatic rings. The topological polar surface area (TPSA) is 115 Å². The van der Waals surface area contributed by atoms with Crippen molar-refractivity contribution in [2.24, 2.45) is 0 Å². The summed E-state index contributed by atoms with van der Waals surface area (Å²) in [5.74, 6) is 0.754. The molecule has 198 valence electrons. The Balaban J connectivity index is 1.54. The highest BCUT2D eigenvalue weighted by molar-refractivity contribution is 5.77. The molecule has 1 fully saturated rings. The molecule has 11 heteroatoms. The van der Waals surface area contributed by atoms with Crippen molar-refractivity contribution in [2.45, 2.75) is 46.3 Å². The lowest BCUT2D eigenvalue weighted by Crippen LogP contribution is -2.49. The molecule has 4 heterocycles. The second kappa shape index (κ2) is 10.3. The van der Waals surface area contributed by atoms with Crippen LogP contribution >= 0.6 is 0 Å². The summed E-state index contributed by atoms with van der Waals surface area (Å²) >= 11 is 0. The number of fused-ring (bicyclic) bond motifs is 1. The minimum absolute atomic E-state index is 0.147. The number of nitrogens with zero attached hydrogens (tertiary/aromatic N) is 7. The first-order valence-corrected chi connectivity index (χ1v) is 12.8. The van der Waals surface area contributed by atoms with Gasteiger partial charge in [0.15, 0.2) is 11.5 Å². The molecule has 0 bridgehead atoms. The molecule has 1 aliphatic rings. The highest BCUT2D eigenvalue weighted by Crippen LogP contribution is 2.26. The molecule has 5 rings (SSSR count). The summed E-state index contributed by atoms with van der Waals surface area (Å²) in [5, 5.41) is 11.6. The van der Waals surface area contributed by atoms with Crippen LogP contribution in [0.25, 0.3) is 16.9 Å². The number of aromatic nitrogens is 6. The number of allylic oxidation sites excluding steroid dienone is 1. The van der Waals surface area contributed by atoms with Crippen molar-refractivity contribution < 1.29 is 0 Å². The minimum atomic E-state index is -0.263. The fraction of sp³-hybridized carbons (Fsp3) is 0.370. The zero-order chi connectivity index (χ0) is 27.0. The maximum atomic E-state index is 13.2. The Bertz CT molecular complexity index is 1620. The predicted molar refractivity (Wildman–Crippen MR) is 150 cm³/mol. The van der Waals surface area contributed by atoms with Gasteiger partial charge in [0.1, 0.15) is 5.39 Å². The van der Waals surface area contributed by atoms with Crippen molar-refractivity contribution in [1.82, 2.24) is 34.4 Å². The van der Waals surface area contributed by atoms with Crippen molar-refractivity contribution in [1.29, 1.82) is 0 Å². The van der Waals surface area contributed by atoms with Gasteiger partial charge in [-0.3, -0.25) is 9.59 Å². The third-order valence-corrected chi connectivity index (χ3v) is 6.66. The van der Waals surface area contributed by atoms with E-state index >= 15 is 0 Å². The van der Waals surface area contributed by atoms with Crippen LogP contribution in [-0.2, 0) is 6.54 Å². The first-order chi connectivity index (χ1) is 18.3. The predicted octanol–water partition coefficient (Wildman–Crippen LogP) is 2.76. The smallest absolute Gasteiger partial charge is 0.278 e. The van der Waals surface area contributed by atoms with E-state index in [1.165, 1.54) is 27.3 Å². The van der Waals surface area contributed by atoms with Crippen molar-refractivity contribution in [3.8, 4) is 5.82 Å². The van der Waals surface area contributed by atoms with Crippen LogP contribution in [0.3, 0.4) is 0 Å². The molecule has 0 radical (unpaired) electrons. The highest BCUT2D eigenvalue weighted by atomic mass is 16.1. The lowest BCUT2D eigenvalue weighted by Gasteiger charge is -2.34. The molecule has 11 nitrogen and oxygen atoms in total. The number of hydrogen-bond donors (Lipinski definition) is 2. The van der Waals surface area contributed by atoms with Crippen LogP contribution in [0, 0.1) is 6.92 Å². The van der Waals surface area contributed by atoms with Crippen LogP contribution in [0.5, 0.6) is 0 Å². The maximum absolute atomic E-state index is 13.2. The number of nitrogens with one attached hydrogen (secondary N) is 2. The van der Waals surface area contributed by atoms with Gasteiger partial charge in [-0.05, 0) is 57.5 Å². The number of hydrogen-bond acceptors (Lipinski definition) is 8. The summed E-state index contributed by atoms with van der Waals surface area (Å²) < 4.78 is 4.49. The SMILES string of the molecule is C=CCn1c(=O)c2cnc(Nc3ccc(N4CCN[C@@H](C)C4)c(C)c3)nc2n1-c1ccc(=O)n(C(C)C)n1. The molecule has 1 aromatic carbocycles. The molecule has 3 aromatic heterocycles. The quantitative estimate of drug-likeness (QED) is 0.361. The van der Waals surface area contributed by atoms with Gasteiger partial charge in [-0.2, -0.15) is 4.98 Å². The summed E-state index contributed by atoms with van der Waals surface area (Å²) in [7, 11) is 0. The normalized spacial score (nSPS) is 15.8. The van der Waals surface area contributed by atoms with Crippen LogP contribution < -0.4 is 26.7 Å². The second-order valence-electron chi connectivity index (χ2n) is 9.91. The minimum Gasteiger partial charge on any atom is -0.368 e. The molecule has 38 heavy (non-hydrogen) atoms. The van der Waals surface area contributed by atoms with Gasteiger partial charge in [0, 0.05) is 49.3 Å². The van der Waals surface area contributed by atoms with Gasteiger partial charge < -0.3 is 15.5 Å². The van der Waals surface area contributed by atoms with E-state index in [9.17, 15) is 9.59 Å². The van der Waals surface area contributed by atoms with Crippen LogP contribution in [-0.4, -0.2) is 54.8 Å². The molecule has 2 N–H and O–H groups in total. The Morgan fingerprint density at radius 2 is 2.05 bits per heavy atom. The molecule has 1 atom stereocenters. The van der Waals surface area contributed by atoms with E-state index in [2.05, 4.69) is 58.2 Å². The average Bonchev–Trinajstić information content (AvgIpc) is 3.15. The van der Waals surface area contributed by atoms with Crippen LogP contribution in [0.2, 0.25) is 0 Å². The van der Waals surface area contributed by atoms with E-state index in [-0.39, 0.29) is 23.7 Å². The molecule has 0 spiro atoms. The van der Waals surface area contributed by atoms with Crippen molar-refractivity contribution in [3.63, 3.8) is 0 Å². The van der Waals surface area contributed by atoms with E-state index in [4.69, 9.17) is 4.98 Å². The molecular formula is C27H33N9O2. The zero-order valence-electron chi connectivity index (χ0n) is 22.2. The standard InChI is InChI=1S/C27H33N9O2/c1-6-12-34-26(38)21-15-29-27(31-25(21)36(34)23-9-10-24(37)35(32-23)17(2)3)30-20-7-8-22(18(4)14-20)33-13-11-28-19(5)16-33/h6-10,14-15,17,19,28H,1,11-13,16H2,2-5H3,(H,29,30,31)/t19-/m0/s1. The first kappa shape index (κ1) is 25.4. The molecule has 0 aliphatic carbocycles. The fourth-order valence-corrected chi connectivity index (χ4v) is 4.87. The van der Waals surface area contributed by atoms with Gasteiger partial charge >= 0.3 is 0 Å². The largest absolute Gasteiger partial charge is 0.368 e. The molecule has 0 unspecified atom stereocenters. The van der Waals surface area contributed by atoms with Crippen molar-refractivity contribution in [3.05, 3.63) is 75.5 Å². The number of aryl methyl sites for hydroxylation is 1. The number of rotatable bonds is 7. The van der Waals surface area contributed by atoms with Crippen molar-refractivity contribution in [2.75, 3.05) is 29.9 Å². The Hall–Kier alpha value is -4.25. The molecule has 0 amide bonds. The third-order valence-electron chi connectivity index (χ3n) is 6.66. The summed E-state index contributed by atoms with van der Waals surface area (Å²) in [6.07, 6.45) is 3.15. The third kappa shape index (κ3) is 4.72. The molecule has 1 aliphatic heterocycles. The van der Waals surface area contributed by atoms with E-state index in [0.29, 0.717) is 28.8 Å². The highest BCUT2D eigenvalue weighted by Gasteiger charge is 2.20. The first-order valence-electron chi connectivity index (χ1n) is 12.8. The van der Waals surface area contributed by atoms with Gasteiger partial charge in [0.05, 0.1) is 12.6 Å². The second-order valence-corrected chi connectivity index (χ2v) is 9.91. The van der Waals surface area contributed by atoms with Crippen molar-refractivity contribution >= 4 is 28.4 Å². The van der Waals surface area contributed by atoms with Gasteiger partial charge in [-0.15, -0.1) is 11.7 Å². The van der Waals surface area contributed by atoms with Gasteiger partial charge in [-0.25, -0.2) is 19.0 Å².